The number of aliphatic hydroxyl groups is 1. The lowest BCUT2D eigenvalue weighted by Gasteiger charge is -2.35. The van der Waals surface area contributed by atoms with Crippen LogP contribution in [-0.2, 0) is 4.79 Å². The van der Waals surface area contributed by atoms with E-state index in [9.17, 15) is 14.7 Å². The van der Waals surface area contributed by atoms with Gasteiger partial charge in [-0.2, -0.15) is 0 Å². The minimum atomic E-state index is -1.09. The molecule has 0 radical (unpaired) electrons. The lowest BCUT2D eigenvalue weighted by atomic mass is 9.94. The Morgan fingerprint density at radius 2 is 2.19 bits per heavy atom. The summed E-state index contributed by atoms with van der Waals surface area (Å²) in [6.45, 7) is 1.37. The van der Waals surface area contributed by atoms with Crippen molar-refractivity contribution in [1.29, 1.82) is 0 Å². The predicted molar refractivity (Wildman–Crippen MR) is 55.8 cm³/mol. The summed E-state index contributed by atoms with van der Waals surface area (Å²) in [5.74, 6) is -0.519. The molecule has 0 unspecified atom stereocenters. The average molecular weight is 231 g/mol. The van der Waals surface area contributed by atoms with Gasteiger partial charge in [-0.3, -0.25) is 9.69 Å². The molecule has 1 rings (SSSR count). The second-order valence-corrected chi connectivity index (χ2v) is 4.00. The molecule has 0 aromatic carbocycles. The van der Waals surface area contributed by atoms with Crippen LogP contribution in [-0.4, -0.2) is 59.4 Å². The summed E-state index contributed by atoms with van der Waals surface area (Å²) in [6, 6.07) is 0. The van der Waals surface area contributed by atoms with E-state index in [0.29, 0.717) is 19.5 Å². The molecule has 0 spiro atoms. The average Bonchev–Trinajstić information content (AvgIpc) is 2.15. The number of β-amino-alcohol motifs (C(OH)–C–C–N with tert-alkyl or cyclic N) is 1. The number of aliphatic hydroxyl groups excluding tert-OH is 1. The molecule has 0 bridgehead atoms. The lowest BCUT2D eigenvalue weighted by molar-refractivity contribution is -0.120. The molecule has 1 aliphatic heterocycles. The number of rotatable bonds is 4. The summed E-state index contributed by atoms with van der Waals surface area (Å²) < 4.78 is 0. The van der Waals surface area contributed by atoms with Gasteiger partial charge in [-0.05, 0) is 13.0 Å². The smallest absolute Gasteiger partial charge is 0.404 e. The first kappa shape index (κ1) is 12.7. The minimum Gasteiger partial charge on any atom is -0.465 e. The van der Waals surface area contributed by atoms with E-state index in [1.807, 2.05) is 0 Å². The molecule has 0 saturated carbocycles. The number of nitrogens with two attached hydrogens (primary N) is 1. The Hall–Kier alpha value is -1.34. The molecule has 7 nitrogen and oxygen atoms in total. The fourth-order valence-corrected chi connectivity index (χ4v) is 1.87. The molecule has 92 valence electrons. The molecule has 0 aliphatic carbocycles. The standard InChI is InChI=1S/C9H17N3O4/c10-8(14)5-12-2-1-6(7(13)4-12)3-11-9(15)16/h6-7,11,13H,1-5H2,(H2,10,14)(H,15,16)/t6-,7+/m1/s1. The molecular weight excluding hydrogens is 214 g/mol. The highest BCUT2D eigenvalue weighted by Crippen LogP contribution is 2.16. The van der Waals surface area contributed by atoms with Gasteiger partial charge in [0.1, 0.15) is 0 Å². The van der Waals surface area contributed by atoms with Gasteiger partial charge in [0.2, 0.25) is 5.91 Å². The number of primary amides is 1. The quantitative estimate of drug-likeness (QED) is 0.466. The Bertz CT molecular complexity index is 271. The second kappa shape index (κ2) is 5.66. The summed E-state index contributed by atoms with van der Waals surface area (Å²) in [5.41, 5.74) is 5.05. The van der Waals surface area contributed by atoms with Crippen LogP contribution in [0, 0.1) is 5.92 Å². The molecule has 5 N–H and O–H groups in total. The van der Waals surface area contributed by atoms with Gasteiger partial charge in [-0.25, -0.2) is 4.79 Å². The van der Waals surface area contributed by atoms with Crippen LogP contribution in [0.2, 0.25) is 0 Å². The normalized spacial score (nSPS) is 26.3. The SMILES string of the molecule is NC(=O)CN1CC[C@H](CNC(=O)O)[C@@H](O)C1. The molecule has 1 fully saturated rings. The van der Waals surface area contributed by atoms with Crippen molar-refractivity contribution in [1.82, 2.24) is 10.2 Å². The van der Waals surface area contributed by atoms with Crippen LogP contribution >= 0.6 is 0 Å². The summed E-state index contributed by atoms with van der Waals surface area (Å²) >= 11 is 0. The maximum absolute atomic E-state index is 10.7. The zero-order chi connectivity index (χ0) is 12.1. The molecule has 0 aromatic heterocycles. The first-order valence-electron chi connectivity index (χ1n) is 5.14. The maximum Gasteiger partial charge on any atom is 0.404 e. The molecule has 0 aromatic rings. The highest BCUT2D eigenvalue weighted by molar-refractivity contribution is 5.75. The molecule has 1 aliphatic rings. The van der Waals surface area contributed by atoms with Crippen LogP contribution in [0.5, 0.6) is 0 Å². The summed E-state index contributed by atoms with van der Waals surface area (Å²) in [6.07, 6.45) is -1.07. The number of carboxylic acid groups (broad SMARTS) is 1. The summed E-state index contributed by atoms with van der Waals surface area (Å²) in [4.78, 5) is 22.7. The fraction of sp³-hybridized carbons (Fsp3) is 0.778. The number of carbonyl (C=O) groups is 2. The van der Waals surface area contributed by atoms with Crippen molar-refractivity contribution >= 4 is 12.0 Å². The van der Waals surface area contributed by atoms with Crippen molar-refractivity contribution in [3.63, 3.8) is 0 Å². The van der Waals surface area contributed by atoms with Crippen LogP contribution in [0.3, 0.4) is 0 Å². The number of piperidine rings is 1. The maximum atomic E-state index is 10.7. The number of hydrogen-bond donors (Lipinski definition) is 4. The Morgan fingerprint density at radius 1 is 1.50 bits per heavy atom. The van der Waals surface area contributed by atoms with Gasteiger partial charge in [-0.1, -0.05) is 0 Å². The highest BCUT2D eigenvalue weighted by Gasteiger charge is 2.28. The van der Waals surface area contributed by atoms with Crippen molar-refractivity contribution in [2.75, 3.05) is 26.2 Å². The number of hydrogen-bond acceptors (Lipinski definition) is 4. The van der Waals surface area contributed by atoms with E-state index in [1.165, 1.54) is 0 Å². The molecule has 16 heavy (non-hydrogen) atoms. The van der Waals surface area contributed by atoms with E-state index in [2.05, 4.69) is 5.32 Å². The van der Waals surface area contributed by atoms with Crippen molar-refractivity contribution in [2.45, 2.75) is 12.5 Å². The van der Waals surface area contributed by atoms with Crippen LogP contribution in [0.25, 0.3) is 0 Å². The number of nitrogens with zero attached hydrogens (tertiary/aromatic N) is 1. The van der Waals surface area contributed by atoms with Crippen molar-refractivity contribution in [3.05, 3.63) is 0 Å². The molecule has 2 atom stereocenters. The molecular formula is C9H17N3O4. The Kier molecular flexibility index (Phi) is 4.51. The van der Waals surface area contributed by atoms with E-state index in [4.69, 9.17) is 10.8 Å². The third kappa shape index (κ3) is 4.03. The van der Waals surface area contributed by atoms with Crippen molar-refractivity contribution in [3.8, 4) is 0 Å². The second-order valence-electron chi connectivity index (χ2n) is 4.00. The fourth-order valence-electron chi connectivity index (χ4n) is 1.87. The first-order valence-corrected chi connectivity index (χ1v) is 5.14. The van der Waals surface area contributed by atoms with Crippen LogP contribution in [0.1, 0.15) is 6.42 Å². The number of carbonyl (C=O) groups excluding carboxylic acids is 1. The Morgan fingerprint density at radius 3 is 2.69 bits per heavy atom. The van der Waals surface area contributed by atoms with E-state index in [-0.39, 0.29) is 19.0 Å². The van der Waals surface area contributed by atoms with E-state index < -0.39 is 18.1 Å². The van der Waals surface area contributed by atoms with Gasteiger partial charge < -0.3 is 21.3 Å². The van der Waals surface area contributed by atoms with Gasteiger partial charge >= 0.3 is 6.09 Å². The van der Waals surface area contributed by atoms with E-state index in [0.717, 1.165) is 0 Å². The van der Waals surface area contributed by atoms with E-state index in [1.54, 1.807) is 4.90 Å². The first-order chi connectivity index (χ1) is 7.49. The van der Waals surface area contributed by atoms with Crippen molar-refractivity contribution < 1.29 is 19.8 Å². The largest absolute Gasteiger partial charge is 0.465 e. The Labute approximate surface area is 93.2 Å². The van der Waals surface area contributed by atoms with Gasteiger partial charge in [-0.15, -0.1) is 0 Å². The third-order valence-electron chi connectivity index (χ3n) is 2.70. The number of amides is 2. The number of nitrogens with one attached hydrogen (secondary N) is 1. The summed E-state index contributed by atoms with van der Waals surface area (Å²) in [5, 5.41) is 20.4. The highest BCUT2D eigenvalue weighted by atomic mass is 16.4. The monoisotopic (exact) mass is 231 g/mol. The molecule has 1 heterocycles. The predicted octanol–water partition coefficient (Wildman–Crippen LogP) is -1.58. The van der Waals surface area contributed by atoms with Gasteiger partial charge in [0.25, 0.3) is 0 Å². The molecule has 1 saturated heterocycles. The zero-order valence-electron chi connectivity index (χ0n) is 8.93. The van der Waals surface area contributed by atoms with Crippen LogP contribution in [0.15, 0.2) is 0 Å². The van der Waals surface area contributed by atoms with Crippen LogP contribution in [0.4, 0.5) is 4.79 Å². The zero-order valence-corrected chi connectivity index (χ0v) is 8.93. The van der Waals surface area contributed by atoms with E-state index >= 15 is 0 Å². The van der Waals surface area contributed by atoms with Gasteiger partial charge in [0.05, 0.1) is 12.6 Å². The van der Waals surface area contributed by atoms with Crippen molar-refractivity contribution in [2.24, 2.45) is 11.7 Å². The Balaban J connectivity index is 2.34. The molecule has 7 heteroatoms. The molecule has 2 amide bonds. The van der Waals surface area contributed by atoms with Crippen LogP contribution < -0.4 is 11.1 Å². The topological polar surface area (TPSA) is 116 Å². The minimum absolute atomic E-state index is 0.0970. The third-order valence-corrected chi connectivity index (χ3v) is 2.70. The number of likely N-dealkylation sites (tertiary alicyclic amines) is 1. The lowest BCUT2D eigenvalue weighted by Crippen LogP contribution is -2.49. The van der Waals surface area contributed by atoms with Gasteiger partial charge in [0, 0.05) is 19.0 Å². The van der Waals surface area contributed by atoms with Gasteiger partial charge in [0.15, 0.2) is 0 Å². The summed E-state index contributed by atoms with van der Waals surface area (Å²) in [7, 11) is 0.